The lowest BCUT2D eigenvalue weighted by atomic mass is 10.2. The standard InChI is InChI=1S/C17H15NO6/c19-13-5-4-12(9-14(13)20)24-15-6-7-18(16(15)21)11-3-1-2-10(8-11)17(22)23/h1-5,8-9,15,19-20H,6-7H2,(H,22,23). The van der Waals surface area contributed by atoms with Gasteiger partial charge in [-0.3, -0.25) is 4.79 Å². The van der Waals surface area contributed by atoms with E-state index >= 15 is 0 Å². The van der Waals surface area contributed by atoms with Crippen LogP contribution < -0.4 is 9.64 Å². The number of hydrogen-bond donors (Lipinski definition) is 3. The maximum Gasteiger partial charge on any atom is 0.335 e. The zero-order valence-corrected chi connectivity index (χ0v) is 12.5. The molecule has 1 aliphatic rings. The summed E-state index contributed by atoms with van der Waals surface area (Å²) >= 11 is 0. The number of ether oxygens (including phenoxy) is 1. The third-order valence-corrected chi connectivity index (χ3v) is 3.79. The van der Waals surface area contributed by atoms with Crippen LogP contribution in [0.1, 0.15) is 16.8 Å². The Morgan fingerprint density at radius 2 is 1.92 bits per heavy atom. The van der Waals surface area contributed by atoms with Gasteiger partial charge < -0.3 is 25.0 Å². The molecular formula is C17H15NO6. The van der Waals surface area contributed by atoms with E-state index in [9.17, 15) is 19.8 Å². The number of amides is 1. The Morgan fingerprint density at radius 1 is 1.12 bits per heavy atom. The van der Waals surface area contributed by atoms with Crippen molar-refractivity contribution >= 4 is 17.6 Å². The fourth-order valence-corrected chi connectivity index (χ4v) is 2.57. The Hall–Kier alpha value is -3.22. The first-order chi connectivity index (χ1) is 11.5. The Labute approximate surface area is 137 Å². The van der Waals surface area contributed by atoms with Gasteiger partial charge in [0.1, 0.15) is 5.75 Å². The SMILES string of the molecule is O=C(O)c1cccc(N2CCC(Oc3ccc(O)c(O)c3)C2=O)c1. The van der Waals surface area contributed by atoms with Crippen LogP contribution in [0.25, 0.3) is 0 Å². The highest BCUT2D eigenvalue weighted by molar-refractivity contribution is 6.00. The second-order valence-corrected chi connectivity index (χ2v) is 5.39. The van der Waals surface area contributed by atoms with Gasteiger partial charge in [0.2, 0.25) is 0 Å². The van der Waals surface area contributed by atoms with Crippen LogP contribution in [-0.2, 0) is 4.79 Å². The lowest BCUT2D eigenvalue weighted by molar-refractivity contribution is -0.122. The van der Waals surface area contributed by atoms with Gasteiger partial charge in [0, 0.05) is 24.7 Å². The molecule has 1 fully saturated rings. The minimum absolute atomic E-state index is 0.105. The molecule has 124 valence electrons. The van der Waals surface area contributed by atoms with Gasteiger partial charge in [0.25, 0.3) is 5.91 Å². The summed E-state index contributed by atoms with van der Waals surface area (Å²) in [5.74, 6) is -1.68. The number of hydrogen-bond acceptors (Lipinski definition) is 5. The fraction of sp³-hybridized carbons (Fsp3) is 0.176. The van der Waals surface area contributed by atoms with Crippen molar-refractivity contribution in [1.29, 1.82) is 0 Å². The van der Waals surface area contributed by atoms with Crippen LogP contribution in [0, 0.1) is 0 Å². The van der Waals surface area contributed by atoms with Crippen LogP contribution in [0.4, 0.5) is 5.69 Å². The molecule has 7 nitrogen and oxygen atoms in total. The number of anilines is 1. The van der Waals surface area contributed by atoms with E-state index in [4.69, 9.17) is 9.84 Å². The number of nitrogens with zero attached hydrogens (tertiary/aromatic N) is 1. The van der Waals surface area contributed by atoms with Crippen molar-refractivity contribution in [2.75, 3.05) is 11.4 Å². The third kappa shape index (κ3) is 2.96. The number of aromatic hydroxyl groups is 2. The van der Waals surface area contributed by atoms with Crippen molar-refractivity contribution in [3.63, 3.8) is 0 Å². The predicted molar refractivity (Wildman–Crippen MR) is 84.6 cm³/mol. The molecule has 7 heteroatoms. The summed E-state index contributed by atoms with van der Waals surface area (Å²) in [5, 5.41) is 27.8. The van der Waals surface area contributed by atoms with Crippen molar-refractivity contribution in [3.8, 4) is 17.2 Å². The molecule has 24 heavy (non-hydrogen) atoms. The number of carbonyl (C=O) groups is 2. The molecule has 0 bridgehead atoms. The van der Waals surface area contributed by atoms with Crippen LogP contribution in [-0.4, -0.2) is 39.8 Å². The van der Waals surface area contributed by atoms with E-state index in [2.05, 4.69) is 0 Å². The van der Waals surface area contributed by atoms with Crippen molar-refractivity contribution in [2.24, 2.45) is 0 Å². The van der Waals surface area contributed by atoms with Crippen LogP contribution in [0.5, 0.6) is 17.2 Å². The van der Waals surface area contributed by atoms with Gasteiger partial charge in [-0.1, -0.05) is 6.07 Å². The highest BCUT2D eigenvalue weighted by Crippen LogP contribution is 2.31. The molecule has 1 saturated heterocycles. The highest BCUT2D eigenvalue weighted by atomic mass is 16.5. The Kier molecular flexibility index (Phi) is 3.99. The molecule has 3 rings (SSSR count). The number of aromatic carboxylic acids is 1. The Morgan fingerprint density at radius 3 is 2.62 bits per heavy atom. The molecule has 1 aliphatic heterocycles. The number of rotatable bonds is 4. The van der Waals surface area contributed by atoms with Crippen molar-refractivity contribution in [3.05, 3.63) is 48.0 Å². The van der Waals surface area contributed by atoms with Crippen molar-refractivity contribution in [1.82, 2.24) is 0 Å². The molecule has 0 spiro atoms. The number of phenolic OH excluding ortho intramolecular Hbond substituents is 2. The number of carboxylic acids is 1. The molecule has 3 N–H and O–H groups in total. The average molecular weight is 329 g/mol. The van der Waals surface area contributed by atoms with Gasteiger partial charge in [0.05, 0.1) is 5.56 Å². The van der Waals surface area contributed by atoms with Gasteiger partial charge >= 0.3 is 5.97 Å². The maximum atomic E-state index is 12.5. The molecule has 0 aliphatic carbocycles. The summed E-state index contributed by atoms with van der Waals surface area (Å²) in [4.78, 5) is 25.0. The van der Waals surface area contributed by atoms with E-state index < -0.39 is 12.1 Å². The summed E-state index contributed by atoms with van der Waals surface area (Å²) in [6, 6.07) is 10.1. The summed E-state index contributed by atoms with van der Waals surface area (Å²) in [5.41, 5.74) is 0.604. The lowest BCUT2D eigenvalue weighted by Crippen LogP contribution is -2.32. The van der Waals surface area contributed by atoms with Crippen LogP contribution >= 0.6 is 0 Å². The number of carboxylic acid groups (broad SMARTS) is 1. The average Bonchev–Trinajstić information content (AvgIpc) is 2.92. The highest BCUT2D eigenvalue weighted by Gasteiger charge is 2.34. The first-order valence-corrected chi connectivity index (χ1v) is 7.29. The van der Waals surface area contributed by atoms with Crippen LogP contribution in [0.2, 0.25) is 0 Å². The molecule has 1 heterocycles. The van der Waals surface area contributed by atoms with E-state index in [1.165, 1.54) is 35.2 Å². The molecule has 2 aromatic carbocycles. The van der Waals surface area contributed by atoms with E-state index in [0.717, 1.165) is 0 Å². The Balaban J connectivity index is 1.76. The van der Waals surface area contributed by atoms with E-state index in [1.807, 2.05) is 0 Å². The van der Waals surface area contributed by atoms with Gasteiger partial charge in [-0.15, -0.1) is 0 Å². The van der Waals surface area contributed by atoms with Crippen LogP contribution in [0.15, 0.2) is 42.5 Å². The molecule has 0 saturated carbocycles. The molecule has 1 atom stereocenters. The minimum Gasteiger partial charge on any atom is -0.504 e. The smallest absolute Gasteiger partial charge is 0.335 e. The van der Waals surface area contributed by atoms with Gasteiger partial charge in [-0.2, -0.15) is 0 Å². The second-order valence-electron chi connectivity index (χ2n) is 5.39. The minimum atomic E-state index is -1.06. The molecular weight excluding hydrogens is 314 g/mol. The van der Waals surface area contributed by atoms with E-state index in [-0.39, 0.29) is 28.7 Å². The van der Waals surface area contributed by atoms with E-state index in [0.29, 0.717) is 18.7 Å². The quantitative estimate of drug-likeness (QED) is 0.740. The fourth-order valence-electron chi connectivity index (χ4n) is 2.57. The summed E-state index contributed by atoms with van der Waals surface area (Å²) in [6.45, 7) is 0.399. The van der Waals surface area contributed by atoms with Gasteiger partial charge in [-0.25, -0.2) is 4.79 Å². The first-order valence-electron chi connectivity index (χ1n) is 7.29. The summed E-state index contributed by atoms with van der Waals surface area (Å²) < 4.78 is 5.57. The molecule has 1 amide bonds. The number of phenols is 2. The van der Waals surface area contributed by atoms with Crippen LogP contribution in [0.3, 0.4) is 0 Å². The zero-order chi connectivity index (χ0) is 17.3. The zero-order valence-electron chi connectivity index (χ0n) is 12.5. The summed E-state index contributed by atoms with van der Waals surface area (Å²) in [7, 11) is 0. The number of carbonyl (C=O) groups excluding carboxylic acids is 1. The third-order valence-electron chi connectivity index (χ3n) is 3.79. The second kappa shape index (κ2) is 6.11. The topological polar surface area (TPSA) is 107 Å². The summed E-state index contributed by atoms with van der Waals surface area (Å²) in [6.07, 6.45) is -0.306. The van der Waals surface area contributed by atoms with E-state index in [1.54, 1.807) is 12.1 Å². The number of benzene rings is 2. The maximum absolute atomic E-state index is 12.5. The molecule has 1 unspecified atom stereocenters. The first kappa shape index (κ1) is 15.7. The van der Waals surface area contributed by atoms with Crippen molar-refractivity contribution < 1.29 is 29.6 Å². The monoisotopic (exact) mass is 329 g/mol. The molecule has 0 radical (unpaired) electrons. The lowest BCUT2D eigenvalue weighted by Gasteiger charge is -2.18. The molecule has 2 aromatic rings. The van der Waals surface area contributed by atoms with Crippen molar-refractivity contribution in [2.45, 2.75) is 12.5 Å². The predicted octanol–water partition coefficient (Wildman–Crippen LogP) is 1.98. The normalized spacial score (nSPS) is 17.1. The van der Waals surface area contributed by atoms with Gasteiger partial charge in [-0.05, 0) is 30.3 Å². The van der Waals surface area contributed by atoms with Gasteiger partial charge in [0.15, 0.2) is 17.6 Å². The Bertz CT molecular complexity index is 803. The largest absolute Gasteiger partial charge is 0.504 e. The molecule has 0 aromatic heterocycles.